The topological polar surface area (TPSA) is 147 Å². The number of nitrogens with one attached hydrogen (secondary N) is 3. The Kier molecular flexibility index (Phi) is 7.91. The van der Waals surface area contributed by atoms with Gasteiger partial charge in [-0.3, -0.25) is 25.2 Å². The molecule has 0 amide bonds. The molecular weight excluding hydrogens is 524 g/mol. The van der Waals surface area contributed by atoms with E-state index >= 15 is 0 Å². The molecule has 0 bridgehead atoms. The predicted molar refractivity (Wildman–Crippen MR) is 155 cm³/mol. The van der Waals surface area contributed by atoms with Gasteiger partial charge in [0.1, 0.15) is 5.75 Å². The Hall–Kier alpha value is -6.04. The van der Waals surface area contributed by atoms with Crippen LogP contribution in [0.5, 0.6) is 5.75 Å². The summed E-state index contributed by atoms with van der Waals surface area (Å²) >= 11 is 0. The molecule has 1 heterocycles. The lowest BCUT2D eigenvalue weighted by molar-refractivity contribution is -0.419. The van der Waals surface area contributed by atoms with Crippen LogP contribution in [0.15, 0.2) is 121 Å². The van der Waals surface area contributed by atoms with Gasteiger partial charge < -0.3 is 15.5 Å². The number of hydrogen-bond donors (Lipinski definition) is 3. The second-order valence-electron chi connectivity index (χ2n) is 8.54. The van der Waals surface area contributed by atoms with Crippen molar-refractivity contribution in [3.8, 4) is 5.75 Å². The predicted octanol–water partition coefficient (Wildman–Crippen LogP) is 5.19. The number of allylic oxidation sites excluding steroid dienone is 4. The third kappa shape index (κ3) is 6.52. The van der Waals surface area contributed by atoms with Gasteiger partial charge in [0.15, 0.2) is 5.78 Å². The Bertz CT molecular complexity index is 1600. The molecule has 1 aliphatic carbocycles. The summed E-state index contributed by atoms with van der Waals surface area (Å²) in [6.45, 7) is 0. The highest BCUT2D eigenvalue weighted by Crippen LogP contribution is 2.33. The number of ether oxygens (including phenoxy) is 1. The molecule has 0 radical (unpaired) electrons. The molecule has 3 N–H and O–H groups in total. The molecule has 4 aromatic rings. The van der Waals surface area contributed by atoms with Crippen LogP contribution in [-0.2, 0) is 4.79 Å². The Morgan fingerprint density at radius 2 is 1.49 bits per heavy atom. The molecule has 41 heavy (non-hydrogen) atoms. The third-order valence-electron chi connectivity index (χ3n) is 5.81. The van der Waals surface area contributed by atoms with E-state index in [1.54, 1.807) is 19.2 Å². The molecule has 0 atom stereocenters. The van der Waals surface area contributed by atoms with Crippen molar-refractivity contribution in [1.82, 2.24) is 20.4 Å². The molecule has 204 valence electrons. The summed E-state index contributed by atoms with van der Waals surface area (Å²) < 4.78 is 5.24. The summed E-state index contributed by atoms with van der Waals surface area (Å²) in [6.07, 6.45) is 4.78. The van der Waals surface area contributed by atoms with E-state index in [1.807, 2.05) is 77.7 Å². The molecule has 0 aliphatic heterocycles. The van der Waals surface area contributed by atoms with E-state index in [-0.39, 0.29) is 29.0 Å². The smallest absolute Gasteiger partial charge is 0.270 e. The van der Waals surface area contributed by atoms with Crippen LogP contribution in [0.3, 0.4) is 0 Å². The molecule has 12 heteroatoms. The van der Waals surface area contributed by atoms with Gasteiger partial charge in [-0.2, -0.15) is 15.0 Å². The largest absolute Gasteiger partial charge is 0.497 e. The normalized spacial score (nSPS) is 13.3. The van der Waals surface area contributed by atoms with Gasteiger partial charge >= 0.3 is 0 Å². The van der Waals surface area contributed by atoms with Gasteiger partial charge in [0.2, 0.25) is 17.8 Å². The summed E-state index contributed by atoms with van der Waals surface area (Å²) in [4.78, 5) is 38.4. The minimum atomic E-state index is -0.568. The van der Waals surface area contributed by atoms with Crippen LogP contribution in [-0.4, -0.2) is 32.8 Å². The van der Waals surface area contributed by atoms with Crippen molar-refractivity contribution < 1.29 is 14.5 Å². The first-order valence-electron chi connectivity index (χ1n) is 12.4. The van der Waals surface area contributed by atoms with E-state index in [9.17, 15) is 14.9 Å². The van der Waals surface area contributed by atoms with Crippen molar-refractivity contribution in [2.75, 3.05) is 22.8 Å². The quantitative estimate of drug-likeness (QED) is 0.137. The average molecular weight is 549 g/mol. The first-order valence-corrected chi connectivity index (χ1v) is 12.4. The first kappa shape index (κ1) is 26.6. The highest BCUT2D eigenvalue weighted by molar-refractivity contribution is 6.07. The van der Waals surface area contributed by atoms with E-state index in [4.69, 9.17) is 9.72 Å². The number of ketones is 1. The number of anilines is 6. The molecule has 0 unspecified atom stereocenters. The van der Waals surface area contributed by atoms with E-state index in [2.05, 4.69) is 26.1 Å². The highest BCUT2D eigenvalue weighted by Gasteiger charge is 2.19. The van der Waals surface area contributed by atoms with E-state index in [1.165, 1.54) is 12.3 Å². The number of benzene rings is 3. The lowest BCUT2D eigenvalue weighted by Gasteiger charge is -2.23. The number of para-hydroxylation sites is 2. The third-order valence-corrected chi connectivity index (χ3v) is 5.81. The molecule has 0 saturated carbocycles. The number of nitro groups is 1. The number of carbonyl (C=O) groups excluding carboxylic acids is 1. The van der Waals surface area contributed by atoms with Gasteiger partial charge in [-0.1, -0.05) is 36.4 Å². The molecule has 3 aromatic carbocycles. The van der Waals surface area contributed by atoms with Gasteiger partial charge in [0, 0.05) is 41.0 Å². The lowest BCUT2D eigenvalue weighted by atomic mass is 10.1. The summed E-state index contributed by atoms with van der Waals surface area (Å²) in [7, 11) is 1.59. The zero-order valence-corrected chi connectivity index (χ0v) is 21.8. The number of aromatic nitrogens is 3. The summed E-state index contributed by atoms with van der Waals surface area (Å²) in [6, 6.07) is 26.5. The van der Waals surface area contributed by atoms with Gasteiger partial charge in [0.25, 0.3) is 5.70 Å². The van der Waals surface area contributed by atoms with Crippen molar-refractivity contribution in [2.24, 2.45) is 0 Å². The number of hydrazine groups is 1. The van der Waals surface area contributed by atoms with Gasteiger partial charge in [-0.25, -0.2) is 0 Å². The maximum atomic E-state index is 12.2. The number of nitrogens with zero attached hydrogens (tertiary/aromatic N) is 5. The molecular formula is C29H24N8O4. The minimum absolute atomic E-state index is 0.0905. The van der Waals surface area contributed by atoms with Crippen LogP contribution in [0.25, 0.3) is 0 Å². The standard InChI is InChI=1S/C29H24N8O4/c1-41-25-15-12-21(13-16-25)31-27-32-28(35-30-19-20-18-24(37(39)40)14-17-26(20)38)34-29(33-27)36(22-8-4-2-5-9-22)23-10-6-3-7-11-23/h2-19,30H,1H3,(H2,31,32,33,34,35). The fourth-order valence-corrected chi connectivity index (χ4v) is 3.85. The fourth-order valence-electron chi connectivity index (χ4n) is 3.85. The molecule has 0 spiro atoms. The van der Waals surface area contributed by atoms with Crippen LogP contribution >= 0.6 is 0 Å². The zero-order chi connectivity index (χ0) is 28.6. The minimum Gasteiger partial charge on any atom is -0.497 e. The van der Waals surface area contributed by atoms with Gasteiger partial charge in [-0.05, 0) is 54.6 Å². The Labute approximate surface area is 234 Å². The van der Waals surface area contributed by atoms with Gasteiger partial charge in [-0.15, -0.1) is 0 Å². The molecule has 1 aromatic heterocycles. The summed E-state index contributed by atoms with van der Waals surface area (Å²) in [5.41, 5.74) is 7.85. The Morgan fingerprint density at radius 1 is 0.854 bits per heavy atom. The monoisotopic (exact) mass is 548 g/mol. The molecule has 0 saturated heterocycles. The zero-order valence-electron chi connectivity index (χ0n) is 21.8. The SMILES string of the molecule is COc1ccc(Nc2nc(NNC=C3C=C([N+](=O)[O-])C=CC3=O)nc(N(c3ccccc3)c3ccccc3)n2)cc1. The summed E-state index contributed by atoms with van der Waals surface area (Å²) in [5, 5.41) is 14.3. The van der Waals surface area contributed by atoms with Crippen LogP contribution in [0.1, 0.15) is 0 Å². The van der Waals surface area contributed by atoms with Crippen LogP contribution in [0.4, 0.5) is 34.9 Å². The van der Waals surface area contributed by atoms with Crippen molar-refractivity contribution in [1.29, 1.82) is 0 Å². The lowest BCUT2D eigenvalue weighted by Crippen LogP contribution is -2.22. The van der Waals surface area contributed by atoms with Crippen molar-refractivity contribution in [3.63, 3.8) is 0 Å². The molecule has 12 nitrogen and oxygen atoms in total. The van der Waals surface area contributed by atoms with Crippen molar-refractivity contribution in [3.05, 3.63) is 131 Å². The average Bonchev–Trinajstić information content (AvgIpc) is 2.99. The van der Waals surface area contributed by atoms with Gasteiger partial charge in [0.05, 0.1) is 12.0 Å². The number of methoxy groups -OCH3 is 1. The van der Waals surface area contributed by atoms with E-state index in [0.29, 0.717) is 17.4 Å². The number of carbonyl (C=O) groups is 1. The first-order chi connectivity index (χ1) is 20.0. The maximum Gasteiger partial charge on any atom is 0.270 e. The van der Waals surface area contributed by atoms with Crippen LogP contribution in [0, 0.1) is 10.1 Å². The molecule has 5 rings (SSSR count). The maximum absolute atomic E-state index is 12.2. The van der Waals surface area contributed by atoms with E-state index < -0.39 is 4.92 Å². The molecule has 1 aliphatic rings. The summed E-state index contributed by atoms with van der Waals surface area (Å²) in [5.74, 6) is 0.977. The fraction of sp³-hybridized carbons (Fsp3) is 0.0345. The highest BCUT2D eigenvalue weighted by atomic mass is 16.6. The Balaban J connectivity index is 1.51. The van der Waals surface area contributed by atoms with Crippen molar-refractivity contribution in [2.45, 2.75) is 0 Å². The number of hydrogen-bond acceptors (Lipinski definition) is 11. The molecule has 0 fully saturated rings. The van der Waals surface area contributed by atoms with Crippen LogP contribution < -0.4 is 25.8 Å². The van der Waals surface area contributed by atoms with Crippen molar-refractivity contribution >= 4 is 40.7 Å². The number of rotatable bonds is 10. The second-order valence-corrected chi connectivity index (χ2v) is 8.54. The van der Waals surface area contributed by atoms with E-state index in [0.717, 1.165) is 23.5 Å². The second kappa shape index (κ2) is 12.2. The van der Waals surface area contributed by atoms with Crippen LogP contribution in [0.2, 0.25) is 0 Å². The Morgan fingerprint density at radius 3 is 2.10 bits per heavy atom.